The molecule has 2 aromatic rings. The van der Waals surface area contributed by atoms with E-state index in [1.165, 1.54) is 5.39 Å². The van der Waals surface area contributed by atoms with Crippen molar-refractivity contribution in [2.45, 2.75) is 26.2 Å². The maximum absolute atomic E-state index is 13.1. The van der Waals surface area contributed by atoms with Gasteiger partial charge < -0.3 is 15.1 Å². The first-order chi connectivity index (χ1) is 13.6. The smallest absolute Gasteiger partial charge is 0.264 e. The third-order valence-electron chi connectivity index (χ3n) is 7.00. The molecule has 1 saturated carbocycles. The van der Waals surface area contributed by atoms with E-state index in [4.69, 9.17) is 0 Å². The molecule has 2 aliphatic heterocycles. The van der Waals surface area contributed by atoms with Gasteiger partial charge in [0.1, 0.15) is 0 Å². The number of hydrogen-bond donors (Lipinski definition) is 1. The standard InChI is InChI=1S/C22H27N3O2S.ClH/c1-15-16-4-2-3-5-18(16)28-19(15)21(27)25-12-10-24(11-13-25)20(26)17-14-22(17)6-8-23-9-7-22;/h2-5,17,23H,6-14H2,1H3;1H. The normalized spacial score (nSPS) is 23.1. The maximum atomic E-state index is 13.1. The van der Waals surface area contributed by atoms with Crippen LogP contribution >= 0.6 is 23.7 Å². The number of amides is 2. The Morgan fingerprint density at radius 3 is 2.41 bits per heavy atom. The summed E-state index contributed by atoms with van der Waals surface area (Å²) in [4.78, 5) is 30.8. The first kappa shape index (κ1) is 20.6. The van der Waals surface area contributed by atoms with Crippen molar-refractivity contribution in [2.75, 3.05) is 39.3 Å². The molecule has 156 valence electrons. The van der Waals surface area contributed by atoms with Crippen LogP contribution in [0.15, 0.2) is 24.3 Å². The molecule has 1 N–H and O–H groups in total. The predicted octanol–water partition coefficient (Wildman–Crippen LogP) is 3.31. The lowest BCUT2D eigenvalue weighted by Gasteiger charge is -2.35. The van der Waals surface area contributed by atoms with Crippen LogP contribution in [0.2, 0.25) is 0 Å². The van der Waals surface area contributed by atoms with E-state index in [9.17, 15) is 9.59 Å². The van der Waals surface area contributed by atoms with Gasteiger partial charge >= 0.3 is 0 Å². The third-order valence-corrected chi connectivity index (χ3v) is 8.26. The van der Waals surface area contributed by atoms with E-state index in [0.717, 1.165) is 47.5 Å². The molecule has 7 heteroatoms. The molecule has 1 atom stereocenters. The van der Waals surface area contributed by atoms with Gasteiger partial charge in [0.25, 0.3) is 5.91 Å². The number of halogens is 1. The van der Waals surface area contributed by atoms with Gasteiger partial charge in [0.15, 0.2) is 0 Å². The van der Waals surface area contributed by atoms with E-state index in [2.05, 4.69) is 17.4 Å². The molecule has 2 amide bonds. The second kappa shape index (κ2) is 7.89. The third kappa shape index (κ3) is 3.56. The highest BCUT2D eigenvalue weighted by Gasteiger charge is 2.58. The van der Waals surface area contributed by atoms with E-state index in [1.54, 1.807) is 11.3 Å². The Balaban J connectivity index is 0.00000205. The number of rotatable bonds is 2. The van der Waals surface area contributed by atoms with Gasteiger partial charge in [-0.25, -0.2) is 0 Å². The highest BCUT2D eigenvalue weighted by Crippen LogP contribution is 2.59. The van der Waals surface area contributed by atoms with E-state index in [1.807, 2.05) is 28.9 Å². The first-order valence-electron chi connectivity index (χ1n) is 10.4. The average Bonchev–Trinajstić information content (AvgIpc) is 3.32. The molecule has 1 aromatic carbocycles. The van der Waals surface area contributed by atoms with Crippen molar-refractivity contribution in [3.8, 4) is 0 Å². The molecule has 3 aliphatic rings. The molecular weight excluding hydrogens is 406 g/mol. The van der Waals surface area contributed by atoms with E-state index in [-0.39, 0.29) is 29.6 Å². The minimum atomic E-state index is 0. The zero-order chi connectivity index (χ0) is 19.3. The number of carbonyl (C=O) groups excluding carboxylic acids is 2. The number of piperidine rings is 1. The Hall–Kier alpha value is -1.63. The van der Waals surface area contributed by atoms with Crippen LogP contribution in [0, 0.1) is 18.3 Å². The number of benzene rings is 1. The monoisotopic (exact) mass is 433 g/mol. The molecule has 1 unspecified atom stereocenters. The van der Waals surface area contributed by atoms with Gasteiger partial charge in [0.2, 0.25) is 5.91 Å². The van der Waals surface area contributed by atoms with Crippen LogP contribution in [0.5, 0.6) is 0 Å². The maximum Gasteiger partial charge on any atom is 0.264 e. The lowest BCUT2D eigenvalue weighted by atomic mass is 9.91. The lowest BCUT2D eigenvalue weighted by Crippen LogP contribution is -2.51. The fourth-order valence-electron chi connectivity index (χ4n) is 5.05. The summed E-state index contributed by atoms with van der Waals surface area (Å²) in [5.74, 6) is 0.667. The highest BCUT2D eigenvalue weighted by atomic mass is 35.5. The Morgan fingerprint density at radius 1 is 1.07 bits per heavy atom. The fourth-order valence-corrected chi connectivity index (χ4v) is 6.22. The second-order valence-electron chi connectivity index (χ2n) is 8.54. The van der Waals surface area contributed by atoms with Crippen LogP contribution in [0.4, 0.5) is 0 Å². The van der Waals surface area contributed by atoms with Crippen LogP contribution in [0.1, 0.15) is 34.5 Å². The van der Waals surface area contributed by atoms with Gasteiger partial charge in [-0.1, -0.05) is 18.2 Å². The second-order valence-corrected chi connectivity index (χ2v) is 9.59. The quantitative estimate of drug-likeness (QED) is 0.790. The summed E-state index contributed by atoms with van der Waals surface area (Å²) in [7, 11) is 0. The molecule has 1 spiro atoms. The number of nitrogens with one attached hydrogen (secondary N) is 1. The lowest BCUT2D eigenvalue weighted by molar-refractivity contribution is -0.135. The van der Waals surface area contributed by atoms with Gasteiger partial charge in [-0.2, -0.15) is 0 Å². The molecule has 0 bridgehead atoms. The largest absolute Gasteiger partial charge is 0.339 e. The van der Waals surface area contributed by atoms with Crippen LogP contribution in [-0.2, 0) is 4.79 Å². The van der Waals surface area contributed by atoms with Gasteiger partial charge in [-0.3, -0.25) is 9.59 Å². The number of fused-ring (bicyclic) bond motifs is 1. The Bertz CT molecular complexity index is 929. The van der Waals surface area contributed by atoms with Crippen molar-refractivity contribution in [1.82, 2.24) is 15.1 Å². The summed E-state index contributed by atoms with van der Waals surface area (Å²) in [6.07, 6.45) is 3.33. The summed E-state index contributed by atoms with van der Waals surface area (Å²) in [6, 6.07) is 8.20. The summed E-state index contributed by atoms with van der Waals surface area (Å²) >= 11 is 1.58. The summed E-state index contributed by atoms with van der Waals surface area (Å²) in [6.45, 7) is 6.73. The molecule has 1 aromatic heterocycles. The molecule has 5 nitrogen and oxygen atoms in total. The number of carbonyl (C=O) groups is 2. The average molecular weight is 434 g/mol. The van der Waals surface area contributed by atoms with E-state index >= 15 is 0 Å². The van der Waals surface area contributed by atoms with E-state index in [0.29, 0.717) is 32.1 Å². The van der Waals surface area contributed by atoms with Crippen molar-refractivity contribution < 1.29 is 9.59 Å². The Morgan fingerprint density at radius 2 is 1.72 bits per heavy atom. The summed E-state index contributed by atoms with van der Waals surface area (Å²) in [5.41, 5.74) is 1.36. The molecule has 3 fully saturated rings. The minimum Gasteiger partial charge on any atom is -0.339 e. The molecule has 1 aliphatic carbocycles. The van der Waals surface area contributed by atoms with Crippen molar-refractivity contribution >= 4 is 45.6 Å². The zero-order valence-corrected chi connectivity index (χ0v) is 18.4. The fraction of sp³-hybridized carbons (Fsp3) is 0.545. The predicted molar refractivity (Wildman–Crippen MR) is 119 cm³/mol. The van der Waals surface area contributed by atoms with Gasteiger partial charge in [0.05, 0.1) is 4.88 Å². The van der Waals surface area contributed by atoms with Gasteiger partial charge in [0, 0.05) is 36.8 Å². The van der Waals surface area contributed by atoms with Crippen LogP contribution in [-0.4, -0.2) is 60.9 Å². The number of nitrogens with zero attached hydrogens (tertiary/aromatic N) is 2. The molecule has 0 radical (unpaired) electrons. The van der Waals surface area contributed by atoms with Gasteiger partial charge in [-0.05, 0) is 61.7 Å². The molecule has 2 saturated heterocycles. The SMILES string of the molecule is Cc1c(C(=O)N2CCN(C(=O)C3CC34CCNCC4)CC2)sc2ccccc12.Cl. The Kier molecular flexibility index (Phi) is 5.62. The molecule has 3 heterocycles. The zero-order valence-electron chi connectivity index (χ0n) is 16.8. The number of hydrogen-bond acceptors (Lipinski definition) is 4. The van der Waals surface area contributed by atoms with Crippen LogP contribution in [0.3, 0.4) is 0 Å². The van der Waals surface area contributed by atoms with Crippen molar-refractivity contribution in [3.05, 3.63) is 34.7 Å². The number of aryl methyl sites for hydroxylation is 1. The summed E-state index contributed by atoms with van der Waals surface area (Å²) < 4.78 is 1.16. The first-order valence-corrected chi connectivity index (χ1v) is 11.2. The number of piperazine rings is 1. The minimum absolute atomic E-state index is 0. The van der Waals surface area contributed by atoms with Crippen LogP contribution in [0.25, 0.3) is 10.1 Å². The van der Waals surface area contributed by atoms with Crippen LogP contribution < -0.4 is 5.32 Å². The topological polar surface area (TPSA) is 52.7 Å². The number of thiophene rings is 1. The highest BCUT2D eigenvalue weighted by molar-refractivity contribution is 7.21. The van der Waals surface area contributed by atoms with Crippen molar-refractivity contribution in [3.63, 3.8) is 0 Å². The summed E-state index contributed by atoms with van der Waals surface area (Å²) in [5, 5.41) is 4.57. The van der Waals surface area contributed by atoms with Gasteiger partial charge in [-0.15, -0.1) is 23.7 Å². The van der Waals surface area contributed by atoms with E-state index < -0.39 is 0 Å². The van der Waals surface area contributed by atoms with Crippen molar-refractivity contribution in [1.29, 1.82) is 0 Å². The Labute approximate surface area is 181 Å². The molecular formula is C22H28ClN3O2S. The molecule has 29 heavy (non-hydrogen) atoms. The van der Waals surface area contributed by atoms with Crippen molar-refractivity contribution in [2.24, 2.45) is 11.3 Å². The molecule has 5 rings (SSSR count).